The minimum atomic E-state index is -4.43. The number of hydrogen-bond acceptors (Lipinski definition) is 4. The first-order valence-electron chi connectivity index (χ1n) is 11.5. The molecule has 4 aromatic rings. The highest BCUT2D eigenvalue weighted by molar-refractivity contribution is 6.06. The Morgan fingerprint density at radius 2 is 1.68 bits per heavy atom. The van der Waals surface area contributed by atoms with Gasteiger partial charge in [0.05, 0.1) is 5.56 Å². The second-order valence-corrected chi connectivity index (χ2v) is 8.07. The first-order valence-corrected chi connectivity index (χ1v) is 11.5. The van der Waals surface area contributed by atoms with E-state index in [1.165, 1.54) is 18.2 Å². The van der Waals surface area contributed by atoms with Crippen LogP contribution >= 0.6 is 0 Å². The van der Waals surface area contributed by atoms with Crippen molar-refractivity contribution in [1.82, 2.24) is 4.98 Å². The first-order chi connectivity index (χ1) is 17.8. The van der Waals surface area contributed by atoms with Crippen molar-refractivity contribution in [2.75, 3.05) is 18.5 Å². The van der Waals surface area contributed by atoms with E-state index in [4.69, 9.17) is 10.5 Å². The number of carbonyl (C=O) groups excluding carboxylic acids is 1. The van der Waals surface area contributed by atoms with Crippen LogP contribution in [0.15, 0.2) is 103 Å². The number of fused-ring (bicyclic) bond motifs is 1. The molecular formula is C29H24F3N3O2. The van der Waals surface area contributed by atoms with E-state index in [9.17, 15) is 18.0 Å². The van der Waals surface area contributed by atoms with E-state index in [0.717, 1.165) is 28.5 Å². The second-order valence-electron chi connectivity index (χ2n) is 8.07. The predicted molar refractivity (Wildman–Crippen MR) is 139 cm³/mol. The number of nitrogens with two attached hydrogens (primary N) is 1. The second kappa shape index (κ2) is 11.5. The normalized spacial score (nSPS) is 12.2. The molecule has 37 heavy (non-hydrogen) atoms. The molecule has 0 aliphatic heterocycles. The fourth-order valence-corrected chi connectivity index (χ4v) is 3.74. The Labute approximate surface area is 212 Å². The smallest absolute Gasteiger partial charge is 0.416 e. The van der Waals surface area contributed by atoms with Crippen LogP contribution in [-0.4, -0.2) is 24.0 Å². The zero-order valence-electron chi connectivity index (χ0n) is 19.7. The number of pyridine rings is 1. The lowest BCUT2D eigenvalue weighted by atomic mass is 9.96. The fraction of sp³-hybridized carbons (Fsp3) is 0.103. The summed E-state index contributed by atoms with van der Waals surface area (Å²) >= 11 is 0. The lowest BCUT2D eigenvalue weighted by Crippen LogP contribution is -2.10. The van der Waals surface area contributed by atoms with Gasteiger partial charge in [-0.3, -0.25) is 9.78 Å². The minimum absolute atomic E-state index is 0.349. The highest BCUT2D eigenvalue weighted by Crippen LogP contribution is 2.32. The maximum atomic E-state index is 13.1. The Hall–Kier alpha value is -4.43. The summed E-state index contributed by atoms with van der Waals surface area (Å²) in [7, 11) is 0. The molecular weight excluding hydrogens is 479 g/mol. The van der Waals surface area contributed by atoms with E-state index >= 15 is 0 Å². The molecule has 0 atom stereocenters. The van der Waals surface area contributed by atoms with Crippen molar-refractivity contribution >= 4 is 27.9 Å². The molecule has 1 aromatic heterocycles. The summed E-state index contributed by atoms with van der Waals surface area (Å²) in [5.74, 6) is 0.277. The minimum Gasteiger partial charge on any atom is -0.492 e. The number of alkyl halides is 3. The van der Waals surface area contributed by atoms with Crippen molar-refractivity contribution in [3.8, 4) is 5.75 Å². The first kappa shape index (κ1) is 25.7. The van der Waals surface area contributed by atoms with Crippen LogP contribution in [0.5, 0.6) is 5.75 Å². The number of nitrogens with one attached hydrogen (secondary N) is 1. The van der Waals surface area contributed by atoms with Crippen molar-refractivity contribution in [2.45, 2.75) is 6.18 Å². The summed E-state index contributed by atoms with van der Waals surface area (Å²) < 4.78 is 44.7. The number of hydrogen-bond donors (Lipinski definition) is 2. The van der Waals surface area contributed by atoms with Crippen LogP contribution in [0.4, 0.5) is 18.9 Å². The molecule has 0 saturated heterocycles. The number of nitrogens with zero attached hydrogens (tertiary/aromatic N) is 1. The maximum Gasteiger partial charge on any atom is 0.416 e. The molecule has 4 rings (SSSR count). The molecule has 0 unspecified atom stereocenters. The highest BCUT2D eigenvalue weighted by Gasteiger charge is 2.30. The van der Waals surface area contributed by atoms with Gasteiger partial charge in [-0.05, 0) is 53.1 Å². The summed E-state index contributed by atoms with van der Waals surface area (Å²) in [5.41, 5.74) is 7.33. The molecule has 5 nitrogen and oxygen atoms in total. The Balaban J connectivity index is 1.60. The Morgan fingerprint density at radius 3 is 2.35 bits per heavy atom. The van der Waals surface area contributed by atoms with Crippen LogP contribution in [0.1, 0.15) is 16.7 Å². The number of rotatable bonds is 8. The molecule has 0 saturated carbocycles. The van der Waals surface area contributed by atoms with Crippen molar-refractivity contribution in [3.05, 3.63) is 120 Å². The monoisotopic (exact) mass is 503 g/mol. The molecule has 188 valence electrons. The van der Waals surface area contributed by atoms with Gasteiger partial charge in [0.15, 0.2) is 0 Å². The molecule has 0 fully saturated rings. The number of allylic oxidation sites excluding steroid dienone is 2. The van der Waals surface area contributed by atoms with E-state index in [0.29, 0.717) is 35.7 Å². The van der Waals surface area contributed by atoms with Crippen LogP contribution in [0.2, 0.25) is 0 Å². The average Bonchev–Trinajstić information content (AvgIpc) is 2.90. The number of anilines is 1. The zero-order valence-corrected chi connectivity index (χ0v) is 19.7. The lowest BCUT2D eigenvalue weighted by Gasteiger charge is -2.12. The molecule has 3 aromatic carbocycles. The van der Waals surface area contributed by atoms with Crippen molar-refractivity contribution < 1.29 is 22.7 Å². The van der Waals surface area contributed by atoms with Gasteiger partial charge < -0.3 is 15.8 Å². The molecule has 0 aliphatic rings. The van der Waals surface area contributed by atoms with Crippen LogP contribution in [0.25, 0.3) is 16.3 Å². The number of halogens is 3. The third kappa shape index (κ3) is 6.62. The standard InChI is InChI=1S/C29H24F3N3O2/c30-29(31,32)23-11-7-20(8-12-23)25(21-9-13-24(14-10-21)37-18-16-33)4-2-6-28(36)35-27-5-1-3-22-19-34-17-15-26(22)27/h1-15,17,19H,16,18,33H2,(H,35,36)/b6-2+,25-4-. The van der Waals surface area contributed by atoms with Gasteiger partial charge in [0.25, 0.3) is 0 Å². The van der Waals surface area contributed by atoms with Gasteiger partial charge >= 0.3 is 6.18 Å². The molecule has 0 spiro atoms. The number of benzene rings is 3. The third-order valence-corrected chi connectivity index (χ3v) is 5.52. The van der Waals surface area contributed by atoms with Gasteiger partial charge in [-0.25, -0.2) is 0 Å². The predicted octanol–water partition coefficient (Wildman–Crippen LogP) is 6.22. The largest absolute Gasteiger partial charge is 0.492 e. The summed E-state index contributed by atoms with van der Waals surface area (Å²) in [6.07, 6.45) is 3.55. The topological polar surface area (TPSA) is 77.2 Å². The summed E-state index contributed by atoms with van der Waals surface area (Å²) in [5, 5.41) is 4.61. The van der Waals surface area contributed by atoms with Crippen molar-refractivity contribution in [3.63, 3.8) is 0 Å². The van der Waals surface area contributed by atoms with Crippen LogP contribution in [0, 0.1) is 0 Å². The Bertz CT molecular complexity index is 1420. The number of ether oxygens (including phenoxy) is 1. The van der Waals surface area contributed by atoms with Gasteiger partial charge in [0.1, 0.15) is 12.4 Å². The molecule has 1 heterocycles. The van der Waals surface area contributed by atoms with Crippen LogP contribution in [-0.2, 0) is 11.0 Å². The van der Waals surface area contributed by atoms with E-state index in [-0.39, 0.29) is 5.91 Å². The highest BCUT2D eigenvalue weighted by atomic mass is 19.4. The molecule has 0 radical (unpaired) electrons. The van der Waals surface area contributed by atoms with E-state index in [1.54, 1.807) is 54.9 Å². The lowest BCUT2D eigenvalue weighted by molar-refractivity contribution is -0.137. The van der Waals surface area contributed by atoms with E-state index < -0.39 is 11.7 Å². The van der Waals surface area contributed by atoms with Gasteiger partial charge in [0, 0.05) is 41.5 Å². The molecule has 0 bridgehead atoms. The Morgan fingerprint density at radius 1 is 0.973 bits per heavy atom. The SMILES string of the molecule is NCCOc1ccc(/C(=C\C=C\C(=O)Nc2cccc3cnccc23)c2ccc(C(F)(F)F)cc2)cc1. The summed E-state index contributed by atoms with van der Waals surface area (Å²) in [6, 6.07) is 19.3. The average molecular weight is 504 g/mol. The molecule has 3 N–H and O–H groups in total. The molecule has 8 heteroatoms. The Kier molecular flexibility index (Phi) is 8.00. The van der Waals surface area contributed by atoms with E-state index in [2.05, 4.69) is 10.3 Å². The number of amides is 1. The van der Waals surface area contributed by atoms with Gasteiger partial charge in [-0.15, -0.1) is 0 Å². The number of aromatic nitrogens is 1. The molecule has 0 aliphatic carbocycles. The summed E-state index contributed by atoms with van der Waals surface area (Å²) in [6.45, 7) is 0.743. The maximum absolute atomic E-state index is 13.1. The van der Waals surface area contributed by atoms with Gasteiger partial charge in [-0.1, -0.05) is 48.6 Å². The van der Waals surface area contributed by atoms with Crippen LogP contribution < -0.4 is 15.8 Å². The fourth-order valence-electron chi connectivity index (χ4n) is 3.74. The molecule has 1 amide bonds. The quantitative estimate of drug-likeness (QED) is 0.221. The van der Waals surface area contributed by atoms with Gasteiger partial charge in [0.2, 0.25) is 5.91 Å². The van der Waals surface area contributed by atoms with Gasteiger partial charge in [-0.2, -0.15) is 13.2 Å². The number of carbonyl (C=O) groups is 1. The van der Waals surface area contributed by atoms with E-state index in [1.807, 2.05) is 18.2 Å². The summed E-state index contributed by atoms with van der Waals surface area (Å²) in [4.78, 5) is 16.7. The zero-order chi connectivity index (χ0) is 26.3. The van der Waals surface area contributed by atoms with Crippen molar-refractivity contribution in [1.29, 1.82) is 0 Å². The third-order valence-electron chi connectivity index (χ3n) is 5.52. The van der Waals surface area contributed by atoms with Crippen molar-refractivity contribution in [2.24, 2.45) is 5.73 Å². The van der Waals surface area contributed by atoms with Crippen LogP contribution in [0.3, 0.4) is 0 Å².